The molecule has 1 fully saturated rings. The van der Waals surface area contributed by atoms with E-state index in [4.69, 9.17) is 10.9 Å². The van der Waals surface area contributed by atoms with Crippen molar-refractivity contribution in [1.82, 2.24) is 4.90 Å². The van der Waals surface area contributed by atoms with Gasteiger partial charge in [-0.2, -0.15) is 11.8 Å². The Bertz CT molecular complexity index is 322. The predicted octanol–water partition coefficient (Wildman–Crippen LogP) is 1.50. The summed E-state index contributed by atoms with van der Waals surface area (Å²) in [5.74, 6) is 0.483. The zero-order chi connectivity index (χ0) is 13.7. The largest absolute Gasteiger partial charge is 0.409 e. The molecule has 5 nitrogen and oxygen atoms in total. The molecule has 1 heterocycles. The van der Waals surface area contributed by atoms with Gasteiger partial charge in [-0.05, 0) is 13.3 Å². The molecule has 3 unspecified atom stereocenters. The smallest absolute Gasteiger partial charge is 0.233 e. The molecular weight excluding hydrogens is 250 g/mol. The number of thioether (sulfide) groups is 1. The number of hydrogen-bond acceptors (Lipinski definition) is 4. The number of amides is 1. The molecule has 0 aromatic heterocycles. The third kappa shape index (κ3) is 3.31. The number of rotatable bonds is 4. The van der Waals surface area contributed by atoms with Crippen molar-refractivity contribution < 1.29 is 10.0 Å². The van der Waals surface area contributed by atoms with Crippen molar-refractivity contribution in [3.63, 3.8) is 0 Å². The van der Waals surface area contributed by atoms with Crippen LogP contribution in [-0.4, -0.2) is 45.4 Å². The third-order valence-corrected chi connectivity index (χ3v) is 4.85. The number of carbonyl (C=O) groups is 1. The Labute approximate surface area is 113 Å². The van der Waals surface area contributed by atoms with Crippen molar-refractivity contribution in [2.75, 3.05) is 12.3 Å². The SMILES string of the molecule is CCCC(C(=O)N1CCSC(C)C1C)C(N)=NO. The lowest BCUT2D eigenvalue weighted by atomic mass is 9.99. The van der Waals surface area contributed by atoms with Crippen LogP contribution in [0.1, 0.15) is 33.6 Å². The van der Waals surface area contributed by atoms with E-state index < -0.39 is 5.92 Å². The summed E-state index contributed by atoms with van der Waals surface area (Å²) in [5.41, 5.74) is 5.64. The van der Waals surface area contributed by atoms with Crippen LogP contribution in [0.5, 0.6) is 0 Å². The minimum atomic E-state index is -0.488. The van der Waals surface area contributed by atoms with E-state index >= 15 is 0 Å². The quantitative estimate of drug-likeness (QED) is 0.352. The van der Waals surface area contributed by atoms with Crippen molar-refractivity contribution in [3.8, 4) is 0 Å². The van der Waals surface area contributed by atoms with Gasteiger partial charge in [0, 0.05) is 23.6 Å². The van der Waals surface area contributed by atoms with Crippen LogP contribution in [0.15, 0.2) is 5.16 Å². The van der Waals surface area contributed by atoms with Crippen LogP contribution in [0, 0.1) is 5.92 Å². The van der Waals surface area contributed by atoms with Gasteiger partial charge >= 0.3 is 0 Å². The summed E-state index contributed by atoms with van der Waals surface area (Å²) >= 11 is 1.88. The number of oxime groups is 1. The lowest BCUT2D eigenvalue weighted by Crippen LogP contribution is -2.52. The summed E-state index contributed by atoms with van der Waals surface area (Å²) in [7, 11) is 0. The first-order chi connectivity index (χ1) is 8.52. The highest BCUT2D eigenvalue weighted by Crippen LogP contribution is 2.26. The molecular formula is C12H23N3O2S. The van der Waals surface area contributed by atoms with Crippen LogP contribution >= 0.6 is 11.8 Å². The number of nitrogens with two attached hydrogens (primary N) is 1. The normalized spacial score (nSPS) is 27.1. The monoisotopic (exact) mass is 273 g/mol. The fraction of sp³-hybridized carbons (Fsp3) is 0.833. The number of amidine groups is 1. The second-order valence-corrected chi connectivity index (χ2v) is 6.20. The Kier molecular flexibility index (Phi) is 5.78. The molecule has 3 N–H and O–H groups in total. The maximum Gasteiger partial charge on any atom is 0.233 e. The van der Waals surface area contributed by atoms with Gasteiger partial charge in [-0.25, -0.2) is 0 Å². The summed E-state index contributed by atoms with van der Waals surface area (Å²) in [5, 5.41) is 12.2. The number of nitrogens with zero attached hydrogens (tertiary/aromatic N) is 2. The molecule has 0 aromatic carbocycles. The minimum Gasteiger partial charge on any atom is -0.409 e. The summed E-state index contributed by atoms with van der Waals surface area (Å²) in [6, 6.07) is 0.196. The summed E-state index contributed by atoms with van der Waals surface area (Å²) in [6.45, 7) is 6.92. The topological polar surface area (TPSA) is 78.9 Å². The van der Waals surface area contributed by atoms with E-state index in [2.05, 4.69) is 19.0 Å². The van der Waals surface area contributed by atoms with Gasteiger partial charge in [0.1, 0.15) is 0 Å². The van der Waals surface area contributed by atoms with Gasteiger partial charge in [-0.1, -0.05) is 25.4 Å². The Morgan fingerprint density at radius 3 is 2.83 bits per heavy atom. The fourth-order valence-corrected chi connectivity index (χ4v) is 3.30. The Morgan fingerprint density at radius 2 is 2.28 bits per heavy atom. The minimum absolute atomic E-state index is 0.00759. The van der Waals surface area contributed by atoms with Gasteiger partial charge in [-0.3, -0.25) is 4.79 Å². The molecule has 6 heteroatoms. The van der Waals surface area contributed by atoms with E-state index in [1.807, 2.05) is 23.6 Å². The van der Waals surface area contributed by atoms with Crippen molar-refractivity contribution in [3.05, 3.63) is 0 Å². The highest BCUT2D eigenvalue weighted by molar-refractivity contribution is 8.00. The second-order valence-electron chi connectivity index (χ2n) is 4.71. The van der Waals surface area contributed by atoms with Gasteiger partial charge in [0.15, 0.2) is 5.84 Å². The molecule has 0 aliphatic carbocycles. The zero-order valence-corrected chi connectivity index (χ0v) is 12.1. The van der Waals surface area contributed by atoms with E-state index in [-0.39, 0.29) is 17.8 Å². The molecule has 0 bridgehead atoms. The summed E-state index contributed by atoms with van der Waals surface area (Å²) < 4.78 is 0. The van der Waals surface area contributed by atoms with E-state index in [9.17, 15) is 4.79 Å². The van der Waals surface area contributed by atoms with Gasteiger partial charge in [0.05, 0.1) is 5.92 Å². The summed E-state index contributed by atoms with van der Waals surface area (Å²) in [4.78, 5) is 14.4. The molecule has 1 rings (SSSR count). The first-order valence-corrected chi connectivity index (χ1v) is 7.47. The van der Waals surface area contributed by atoms with E-state index in [0.717, 1.165) is 18.7 Å². The van der Waals surface area contributed by atoms with Crippen molar-refractivity contribution >= 4 is 23.5 Å². The molecule has 18 heavy (non-hydrogen) atoms. The fourth-order valence-electron chi connectivity index (χ4n) is 2.20. The standard InChI is InChI=1S/C12H23N3O2S/c1-4-5-10(11(13)14-17)12(16)15-6-7-18-9(3)8(15)2/h8-10,17H,4-7H2,1-3H3,(H2,13,14). The van der Waals surface area contributed by atoms with Crippen LogP contribution in [0.2, 0.25) is 0 Å². The van der Waals surface area contributed by atoms with Crippen molar-refractivity contribution in [2.45, 2.75) is 44.9 Å². The lowest BCUT2D eigenvalue weighted by molar-refractivity contribution is -0.135. The Hall–Kier alpha value is -0.910. The average molecular weight is 273 g/mol. The predicted molar refractivity (Wildman–Crippen MR) is 74.9 cm³/mol. The van der Waals surface area contributed by atoms with Gasteiger partial charge < -0.3 is 15.8 Å². The lowest BCUT2D eigenvalue weighted by Gasteiger charge is -2.39. The van der Waals surface area contributed by atoms with Crippen LogP contribution in [-0.2, 0) is 4.79 Å². The van der Waals surface area contributed by atoms with E-state index in [1.54, 1.807) is 0 Å². The molecule has 1 aliphatic heterocycles. The maximum atomic E-state index is 12.5. The molecule has 104 valence electrons. The molecule has 0 spiro atoms. The summed E-state index contributed by atoms with van der Waals surface area (Å²) in [6.07, 6.45) is 1.46. The molecule has 0 radical (unpaired) electrons. The molecule has 0 aromatic rings. The van der Waals surface area contributed by atoms with E-state index in [1.165, 1.54) is 0 Å². The molecule has 0 saturated carbocycles. The Balaban J connectivity index is 2.82. The second kappa shape index (κ2) is 6.87. The van der Waals surface area contributed by atoms with Crippen LogP contribution in [0.3, 0.4) is 0 Å². The molecule has 3 atom stereocenters. The first kappa shape index (κ1) is 15.1. The van der Waals surface area contributed by atoms with Crippen molar-refractivity contribution in [1.29, 1.82) is 0 Å². The average Bonchev–Trinajstić information content (AvgIpc) is 2.37. The van der Waals surface area contributed by atoms with Crippen LogP contribution in [0.25, 0.3) is 0 Å². The molecule has 1 amide bonds. The van der Waals surface area contributed by atoms with Gasteiger partial charge in [-0.15, -0.1) is 0 Å². The van der Waals surface area contributed by atoms with Gasteiger partial charge in [0.25, 0.3) is 0 Å². The molecule has 1 saturated heterocycles. The maximum absolute atomic E-state index is 12.5. The van der Waals surface area contributed by atoms with Gasteiger partial charge in [0.2, 0.25) is 5.91 Å². The third-order valence-electron chi connectivity index (χ3n) is 3.51. The van der Waals surface area contributed by atoms with Crippen LogP contribution < -0.4 is 5.73 Å². The van der Waals surface area contributed by atoms with Crippen molar-refractivity contribution in [2.24, 2.45) is 16.8 Å². The highest BCUT2D eigenvalue weighted by atomic mass is 32.2. The van der Waals surface area contributed by atoms with E-state index in [0.29, 0.717) is 11.7 Å². The van der Waals surface area contributed by atoms with Crippen LogP contribution in [0.4, 0.5) is 0 Å². The Morgan fingerprint density at radius 1 is 1.61 bits per heavy atom. The molecule has 1 aliphatic rings. The first-order valence-electron chi connectivity index (χ1n) is 6.42. The number of hydrogen-bond donors (Lipinski definition) is 2. The highest BCUT2D eigenvalue weighted by Gasteiger charge is 2.34. The number of carbonyl (C=O) groups excluding carboxylic acids is 1. The zero-order valence-electron chi connectivity index (χ0n) is 11.3.